The van der Waals surface area contributed by atoms with E-state index in [0.717, 1.165) is 6.42 Å². The average molecular weight is 260 g/mol. The maximum Gasteiger partial charge on any atom is -0.00941 e. The first-order chi connectivity index (χ1) is 9.79. The molecule has 2 aromatic rings. The van der Waals surface area contributed by atoms with Crippen LogP contribution in [0.5, 0.6) is 0 Å². The summed E-state index contributed by atoms with van der Waals surface area (Å²) in [4.78, 5) is 0. The third-order valence-electron chi connectivity index (χ3n) is 3.18. The van der Waals surface area contributed by atoms with Gasteiger partial charge in [-0.3, -0.25) is 0 Å². The predicted molar refractivity (Wildman–Crippen MR) is 88.6 cm³/mol. The molecular weight excluding hydrogens is 240 g/mol. The van der Waals surface area contributed by atoms with Crippen molar-refractivity contribution in [3.63, 3.8) is 0 Å². The Hall–Kier alpha value is -2.34. The van der Waals surface area contributed by atoms with Gasteiger partial charge in [0.15, 0.2) is 0 Å². The maximum absolute atomic E-state index is 3.80. The van der Waals surface area contributed by atoms with Gasteiger partial charge in [-0.25, -0.2) is 0 Å². The molecule has 0 atom stereocenters. The summed E-state index contributed by atoms with van der Waals surface area (Å²) < 4.78 is 0. The van der Waals surface area contributed by atoms with E-state index >= 15 is 0 Å². The molecule has 2 aromatic carbocycles. The van der Waals surface area contributed by atoms with Gasteiger partial charge in [0, 0.05) is 0 Å². The van der Waals surface area contributed by atoms with E-state index in [2.05, 4.69) is 74.2 Å². The van der Waals surface area contributed by atoms with Crippen LogP contribution in [0.3, 0.4) is 0 Å². The van der Waals surface area contributed by atoms with E-state index < -0.39 is 0 Å². The second-order valence-electron chi connectivity index (χ2n) is 4.82. The van der Waals surface area contributed by atoms with Crippen LogP contribution in [-0.2, 0) is 6.42 Å². The minimum absolute atomic E-state index is 0.946. The van der Waals surface area contributed by atoms with E-state index in [4.69, 9.17) is 0 Å². The Morgan fingerprint density at radius 1 is 1.00 bits per heavy atom. The Morgan fingerprint density at radius 3 is 2.35 bits per heavy atom. The van der Waals surface area contributed by atoms with E-state index in [1.54, 1.807) is 0 Å². The highest BCUT2D eigenvalue weighted by Gasteiger charge is 1.96. The molecule has 0 aliphatic rings. The standard InChI is InChI=1S/C20H20/c1-3-8-19(20-15-13-17(2)14-16-20)12-7-11-18-9-5-4-6-10-18/h3-10,12-16H,1,11H2,2H3/b12-7-,19-8+. The Balaban J connectivity index is 2.12. The third kappa shape index (κ3) is 4.10. The summed E-state index contributed by atoms with van der Waals surface area (Å²) >= 11 is 0. The number of aryl methyl sites for hydroxylation is 1. The molecule has 0 amide bonds. The molecule has 0 unspecified atom stereocenters. The number of allylic oxidation sites excluding steroid dienone is 5. The molecule has 20 heavy (non-hydrogen) atoms. The van der Waals surface area contributed by atoms with Gasteiger partial charge in [-0.1, -0.05) is 91.0 Å². The second-order valence-corrected chi connectivity index (χ2v) is 4.82. The highest BCUT2D eigenvalue weighted by atomic mass is 14.0. The first-order valence-electron chi connectivity index (χ1n) is 6.90. The van der Waals surface area contributed by atoms with Gasteiger partial charge in [-0.05, 0) is 30.0 Å². The molecule has 0 N–H and O–H groups in total. The number of hydrogen-bond acceptors (Lipinski definition) is 0. The van der Waals surface area contributed by atoms with Crippen LogP contribution in [0.4, 0.5) is 0 Å². The van der Waals surface area contributed by atoms with Crippen molar-refractivity contribution in [3.8, 4) is 0 Å². The summed E-state index contributed by atoms with van der Waals surface area (Å²) in [7, 11) is 0. The maximum atomic E-state index is 3.80. The fourth-order valence-corrected chi connectivity index (χ4v) is 2.06. The zero-order valence-corrected chi connectivity index (χ0v) is 11.9. The molecule has 0 fully saturated rings. The van der Waals surface area contributed by atoms with Gasteiger partial charge in [-0.15, -0.1) is 0 Å². The largest absolute Gasteiger partial charge is 0.0990 e. The van der Waals surface area contributed by atoms with Gasteiger partial charge in [0.25, 0.3) is 0 Å². The van der Waals surface area contributed by atoms with E-state index in [0.29, 0.717) is 0 Å². The van der Waals surface area contributed by atoms with Crippen LogP contribution in [0.2, 0.25) is 0 Å². The molecule has 0 nitrogen and oxygen atoms in total. The normalized spacial score (nSPS) is 11.8. The van der Waals surface area contributed by atoms with Crippen LogP contribution < -0.4 is 0 Å². The van der Waals surface area contributed by atoms with E-state index in [9.17, 15) is 0 Å². The molecule has 0 spiro atoms. The van der Waals surface area contributed by atoms with E-state index in [1.807, 2.05) is 18.2 Å². The van der Waals surface area contributed by atoms with Crippen LogP contribution in [0.1, 0.15) is 16.7 Å². The highest BCUT2D eigenvalue weighted by molar-refractivity contribution is 5.75. The summed E-state index contributed by atoms with van der Waals surface area (Å²) in [5.74, 6) is 0. The molecule has 0 saturated carbocycles. The fraction of sp³-hybridized carbons (Fsp3) is 0.100. The number of hydrogen-bond donors (Lipinski definition) is 0. The van der Waals surface area contributed by atoms with Gasteiger partial charge in [0.2, 0.25) is 0 Å². The zero-order valence-electron chi connectivity index (χ0n) is 11.9. The monoisotopic (exact) mass is 260 g/mol. The van der Waals surface area contributed by atoms with Crippen molar-refractivity contribution in [2.24, 2.45) is 0 Å². The van der Waals surface area contributed by atoms with Crippen molar-refractivity contribution >= 4 is 5.57 Å². The second kappa shape index (κ2) is 7.30. The first kappa shape index (κ1) is 14.1. The van der Waals surface area contributed by atoms with Crippen molar-refractivity contribution in [1.29, 1.82) is 0 Å². The minimum atomic E-state index is 0.946. The average Bonchev–Trinajstić information content (AvgIpc) is 2.48. The van der Waals surface area contributed by atoms with Gasteiger partial charge < -0.3 is 0 Å². The van der Waals surface area contributed by atoms with Crippen LogP contribution in [0, 0.1) is 6.92 Å². The quantitative estimate of drug-likeness (QED) is 0.634. The van der Waals surface area contributed by atoms with Crippen molar-refractivity contribution < 1.29 is 0 Å². The van der Waals surface area contributed by atoms with Crippen LogP contribution in [-0.4, -0.2) is 0 Å². The molecule has 0 heterocycles. The van der Waals surface area contributed by atoms with Crippen molar-refractivity contribution in [1.82, 2.24) is 0 Å². The third-order valence-corrected chi connectivity index (χ3v) is 3.18. The summed E-state index contributed by atoms with van der Waals surface area (Å²) in [6, 6.07) is 19.1. The highest BCUT2D eigenvalue weighted by Crippen LogP contribution is 2.17. The number of rotatable bonds is 5. The summed E-state index contributed by atoms with van der Waals surface area (Å²) in [5.41, 5.74) is 5.02. The molecule has 2 rings (SSSR count). The van der Waals surface area contributed by atoms with Gasteiger partial charge in [-0.2, -0.15) is 0 Å². The molecule has 100 valence electrons. The first-order valence-corrected chi connectivity index (χ1v) is 6.90. The zero-order chi connectivity index (χ0) is 14.2. The SMILES string of the molecule is C=C/C=C(\C=C/Cc1ccccc1)c1ccc(C)cc1. The Bertz CT molecular complexity index is 598. The lowest BCUT2D eigenvalue weighted by Crippen LogP contribution is -1.83. The molecule has 0 bridgehead atoms. The Morgan fingerprint density at radius 2 is 1.70 bits per heavy atom. The van der Waals surface area contributed by atoms with Crippen molar-refractivity contribution in [2.45, 2.75) is 13.3 Å². The van der Waals surface area contributed by atoms with E-state index in [-0.39, 0.29) is 0 Å². The molecule has 0 aliphatic carbocycles. The summed E-state index contributed by atoms with van der Waals surface area (Å²) in [6.07, 6.45) is 9.19. The van der Waals surface area contributed by atoms with Gasteiger partial charge in [0.1, 0.15) is 0 Å². The predicted octanol–water partition coefficient (Wildman–Crippen LogP) is 5.36. The van der Waals surface area contributed by atoms with Crippen molar-refractivity contribution in [3.05, 3.63) is 102 Å². The molecule has 0 aliphatic heterocycles. The Labute approximate surface area is 121 Å². The van der Waals surface area contributed by atoms with Crippen molar-refractivity contribution in [2.75, 3.05) is 0 Å². The summed E-state index contributed by atoms with van der Waals surface area (Å²) in [5, 5.41) is 0. The number of benzene rings is 2. The Kier molecular flexibility index (Phi) is 5.14. The fourth-order valence-electron chi connectivity index (χ4n) is 2.06. The van der Waals surface area contributed by atoms with Gasteiger partial charge in [0.05, 0.1) is 0 Å². The topological polar surface area (TPSA) is 0 Å². The molecule has 0 aromatic heterocycles. The summed E-state index contributed by atoms with van der Waals surface area (Å²) in [6.45, 7) is 5.90. The van der Waals surface area contributed by atoms with Crippen LogP contribution in [0.25, 0.3) is 5.57 Å². The van der Waals surface area contributed by atoms with Crippen LogP contribution in [0.15, 0.2) is 85.5 Å². The van der Waals surface area contributed by atoms with E-state index in [1.165, 1.54) is 22.3 Å². The molecule has 0 radical (unpaired) electrons. The lowest BCUT2D eigenvalue weighted by Gasteiger charge is -2.03. The molecular formula is C20H20. The lowest BCUT2D eigenvalue weighted by atomic mass is 10.0. The lowest BCUT2D eigenvalue weighted by molar-refractivity contribution is 1.27. The smallest absolute Gasteiger partial charge is 0.00941 e. The van der Waals surface area contributed by atoms with Gasteiger partial charge >= 0.3 is 0 Å². The molecule has 0 saturated heterocycles. The van der Waals surface area contributed by atoms with Crippen LogP contribution >= 0.6 is 0 Å². The molecule has 0 heteroatoms. The minimum Gasteiger partial charge on any atom is -0.0990 e.